The molecule has 0 bridgehead atoms. The van der Waals surface area contributed by atoms with Gasteiger partial charge < -0.3 is 5.32 Å². The molecular formula is C11H14N4OS. The van der Waals surface area contributed by atoms with E-state index in [4.69, 9.17) is 0 Å². The van der Waals surface area contributed by atoms with E-state index < -0.39 is 0 Å². The highest BCUT2D eigenvalue weighted by molar-refractivity contribution is 7.10. The summed E-state index contributed by atoms with van der Waals surface area (Å²) in [5.41, 5.74) is 2.41. The lowest BCUT2D eigenvalue weighted by Crippen LogP contribution is -2.04. The second kappa shape index (κ2) is 4.67. The quantitative estimate of drug-likeness (QED) is 0.843. The van der Waals surface area contributed by atoms with Crippen molar-refractivity contribution in [1.82, 2.24) is 14.2 Å². The predicted octanol–water partition coefficient (Wildman–Crippen LogP) is 2.00. The van der Waals surface area contributed by atoms with Gasteiger partial charge in [0.15, 0.2) is 5.78 Å². The number of hydrogen-bond donors (Lipinski definition) is 1. The molecule has 0 radical (unpaired) electrons. The van der Waals surface area contributed by atoms with E-state index in [0.717, 1.165) is 16.4 Å². The van der Waals surface area contributed by atoms with Crippen molar-refractivity contribution < 1.29 is 4.79 Å². The van der Waals surface area contributed by atoms with Crippen LogP contribution in [0.1, 0.15) is 28.7 Å². The topological polar surface area (TPSA) is 59.8 Å². The van der Waals surface area contributed by atoms with Crippen molar-refractivity contribution >= 4 is 22.3 Å². The highest BCUT2D eigenvalue weighted by Gasteiger charge is 2.14. The Labute approximate surface area is 104 Å². The number of aryl methyl sites for hydroxylation is 2. The van der Waals surface area contributed by atoms with Crippen LogP contribution in [0.4, 0.5) is 5.00 Å². The van der Waals surface area contributed by atoms with Crippen molar-refractivity contribution in [2.75, 3.05) is 5.32 Å². The summed E-state index contributed by atoms with van der Waals surface area (Å²) in [6, 6.07) is 1.94. The highest BCUT2D eigenvalue weighted by atomic mass is 32.1. The summed E-state index contributed by atoms with van der Waals surface area (Å²) in [4.78, 5) is 11.5. The van der Waals surface area contributed by atoms with Crippen molar-refractivity contribution in [2.24, 2.45) is 7.05 Å². The molecule has 0 aliphatic carbocycles. The van der Waals surface area contributed by atoms with Gasteiger partial charge in [0, 0.05) is 13.2 Å². The Morgan fingerprint density at radius 1 is 1.59 bits per heavy atom. The smallest absolute Gasteiger partial charge is 0.164 e. The number of ketones is 1. The van der Waals surface area contributed by atoms with E-state index in [-0.39, 0.29) is 5.78 Å². The summed E-state index contributed by atoms with van der Waals surface area (Å²) in [6.45, 7) is 4.00. The molecule has 2 aromatic heterocycles. The lowest BCUT2D eigenvalue weighted by Gasteiger charge is -2.02. The summed E-state index contributed by atoms with van der Waals surface area (Å²) in [5.74, 6) is 0.0415. The van der Waals surface area contributed by atoms with Gasteiger partial charge in [-0.3, -0.25) is 9.48 Å². The molecule has 2 rings (SSSR count). The maximum Gasteiger partial charge on any atom is 0.164 e. The van der Waals surface area contributed by atoms with Gasteiger partial charge in [0.1, 0.15) is 5.00 Å². The molecule has 6 heteroatoms. The number of carbonyl (C=O) groups excluding carboxylic acids is 1. The van der Waals surface area contributed by atoms with Crippen molar-refractivity contribution in [1.29, 1.82) is 0 Å². The molecule has 0 aliphatic heterocycles. The standard InChI is InChI=1S/C11H14N4OS/c1-7-10(8(2)16)11(17-14-7)12-6-9-4-5-15(3)13-9/h4-5,12H,6H2,1-3H3. The van der Waals surface area contributed by atoms with Gasteiger partial charge in [0.05, 0.1) is 23.5 Å². The fourth-order valence-corrected chi connectivity index (χ4v) is 2.47. The zero-order valence-corrected chi connectivity index (χ0v) is 10.8. The molecule has 0 aromatic carbocycles. The van der Waals surface area contributed by atoms with E-state index in [2.05, 4.69) is 14.8 Å². The largest absolute Gasteiger partial charge is 0.369 e. The molecule has 0 amide bonds. The average Bonchev–Trinajstić information content (AvgIpc) is 2.82. The summed E-state index contributed by atoms with van der Waals surface area (Å²) >= 11 is 1.31. The van der Waals surface area contributed by atoms with E-state index >= 15 is 0 Å². The van der Waals surface area contributed by atoms with Crippen molar-refractivity contribution in [2.45, 2.75) is 20.4 Å². The Morgan fingerprint density at radius 2 is 2.35 bits per heavy atom. The van der Waals surface area contributed by atoms with Crippen LogP contribution in [0.15, 0.2) is 12.3 Å². The Hall–Kier alpha value is -1.69. The molecule has 0 spiro atoms. The van der Waals surface area contributed by atoms with Gasteiger partial charge in [0.2, 0.25) is 0 Å². The molecule has 0 atom stereocenters. The minimum Gasteiger partial charge on any atom is -0.369 e. The predicted molar refractivity (Wildman–Crippen MR) is 67.4 cm³/mol. The highest BCUT2D eigenvalue weighted by Crippen LogP contribution is 2.25. The number of nitrogens with zero attached hydrogens (tertiary/aromatic N) is 3. The van der Waals surface area contributed by atoms with Gasteiger partial charge in [-0.15, -0.1) is 0 Å². The fraction of sp³-hybridized carbons (Fsp3) is 0.364. The van der Waals surface area contributed by atoms with Gasteiger partial charge in [-0.05, 0) is 31.4 Å². The van der Waals surface area contributed by atoms with Crippen LogP contribution in [0, 0.1) is 6.92 Å². The molecule has 2 aromatic rings. The normalized spacial score (nSPS) is 10.5. The summed E-state index contributed by atoms with van der Waals surface area (Å²) in [7, 11) is 1.88. The Balaban J connectivity index is 2.11. The van der Waals surface area contributed by atoms with Gasteiger partial charge in [-0.25, -0.2) is 0 Å². The molecular weight excluding hydrogens is 236 g/mol. The van der Waals surface area contributed by atoms with Gasteiger partial charge in [-0.2, -0.15) is 9.47 Å². The molecule has 1 N–H and O–H groups in total. The van der Waals surface area contributed by atoms with Crippen molar-refractivity contribution in [3.63, 3.8) is 0 Å². The third kappa shape index (κ3) is 2.52. The first kappa shape index (κ1) is 11.8. The molecule has 0 unspecified atom stereocenters. The van der Waals surface area contributed by atoms with E-state index in [1.54, 1.807) is 11.6 Å². The fourth-order valence-electron chi connectivity index (χ4n) is 1.63. The van der Waals surface area contributed by atoms with E-state index in [9.17, 15) is 4.79 Å². The number of aromatic nitrogens is 3. The first-order valence-electron chi connectivity index (χ1n) is 5.27. The molecule has 0 aliphatic rings. The SMILES string of the molecule is CC(=O)c1c(C)nsc1NCc1ccn(C)n1. The van der Waals surface area contributed by atoms with Crippen molar-refractivity contribution in [3.8, 4) is 0 Å². The van der Waals surface area contributed by atoms with Crippen LogP contribution in [0.5, 0.6) is 0 Å². The second-order valence-corrected chi connectivity index (χ2v) is 4.64. The van der Waals surface area contributed by atoms with Crippen LogP contribution < -0.4 is 5.32 Å². The number of anilines is 1. The first-order chi connectivity index (χ1) is 8.08. The molecule has 0 fully saturated rings. The Morgan fingerprint density at radius 3 is 2.94 bits per heavy atom. The number of hydrogen-bond acceptors (Lipinski definition) is 5. The third-order valence-corrected chi connectivity index (χ3v) is 3.31. The van der Waals surface area contributed by atoms with Crippen LogP contribution in [0.2, 0.25) is 0 Å². The Kier molecular flexibility index (Phi) is 3.23. The Bertz CT molecular complexity index is 543. The zero-order chi connectivity index (χ0) is 12.4. The van der Waals surface area contributed by atoms with E-state index in [1.807, 2.05) is 26.2 Å². The number of nitrogens with one attached hydrogen (secondary N) is 1. The van der Waals surface area contributed by atoms with Crippen LogP contribution >= 0.6 is 11.5 Å². The third-order valence-electron chi connectivity index (χ3n) is 2.41. The van der Waals surface area contributed by atoms with Gasteiger partial charge in [0.25, 0.3) is 0 Å². The monoisotopic (exact) mass is 250 g/mol. The summed E-state index contributed by atoms with van der Waals surface area (Å²) < 4.78 is 5.94. The maximum atomic E-state index is 11.5. The van der Waals surface area contributed by atoms with Crippen LogP contribution in [0.25, 0.3) is 0 Å². The molecule has 0 saturated heterocycles. The number of Topliss-reactive ketones (excluding diaryl/α,β-unsaturated/α-hetero) is 1. The molecule has 2 heterocycles. The van der Waals surface area contributed by atoms with Crippen LogP contribution in [-0.2, 0) is 13.6 Å². The van der Waals surface area contributed by atoms with Crippen LogP contribution in [-0.4, -0.2) is 19.9 Å². The summed E-state index contributed by atoms with van der Waals surface area (Å²) in [6.07, 6.45) is 1.89. The second-order valence-electron chi connectivity index (χ2n) is 3.86. The molecule has 5 nitrogen and oxygen atoms in total. The lowest BCUT2D eigenvalue weighted by atomic mass is 10.2. The zero-order valence-electron chi connectivity index (χ0n) is 10.0. The maximum absolute atomic E-state index is 11.5. The molecule has 90 valence electrons. The minimum absolute atomic E-state index is 0.0415. The van der Waals surface area contributed by atoms with Crippen molar-refractivity contribution in [3.05, 3.63) is 29.2 Å². The number of carbonyl (C=O) groups is 1. The van der Waals surface area contributed by atoms with E-state index in [1.165, 1.54) is 11.5 Å². The lowest BCUT2D eigenvalue weighted by molar-refractivity contribution is 0.101. The van der Waals surface area contributed by atoms with Gasteiger partial charge in [-0.1, -0.05) is 0 Å². The number of rotatable bonds is 4. The summed E-state index contributed by atoms with van der Waals surface area (Å²) in [5, 5.41) is 8.28. The molecule has 0 saturated carbocycles. The van der Waals surface area contributed by atoms with Gasteiger partial charge >= 0.3 is 0 Å². The van der Waals surface area contributed by atoms with Crippen LogP contribution in [0.3, 0.4) is 0 Å². The molecule has 17 heavy (non-hydrogen) atoms. The first-order valence-corrected chi connectivity index (χ1v) is 6.05. The average molecular weight is 250 g/mol. The van der Waals surface area contributed by atoms with E-state index in [0.29, 0.717) is 12.1 Å². The minimum atomic E-state index is 0.0415.